The van der Waals surface area contributed by atoms with E-state index in [0.29, 0.717) is 5.02 Å². The molecular formula is C37H25ClO. The molecule has 0 aliphatic carbocycles. The second-order valence-electron chi connectivity index (χ2n) is 9.76. The fraction of sp³-hybridized carbons (Fsp3) is 0.0270. The van der Waals surface area contributed by atoms with Gasteiger partial charge in [0.2, 0.25) is 0 Å². The quantitative estimate of drug-likeness (QED) is 0.165. The average molecular weight is 521 g/mol. The van der Waals surface area contributed by atoms with Crippen LogP contribution in [0.25, 0.3) is 65.7 Å². The van der Waals surface area contributed by atoms with Gasteiger partial charge in [-0.2, -0.15) is 0 Å². The van der Waals surface area contributed by atoms with Crippen molar-refractivity contribution in [3.8, 4) is 39.1 Å². The third-order valence-electron chi connectivity index (χ3n) is 7.62. The molecule has 0 unspecified atom stereocenters. The van der Waals surface area contributed by atoms with Gasteiger partial charge in [0.05, 0.1) is 7.11 Å². The number of methoxy groups -OCH3 is 1. The molecule has 2 heteroatoms. The van der Waals surface area contributed by atoms with E-state index in [1.165, 1.54) is 49.2 Å². The molecule has 0 aliphatic heterocycles. The zero-order chi connectivity index (χ0) is 26.3. The summed E-state index contributed by atoms with van der Waals surface area (Å²) >= 11 is 6.47. The van der Waals surface area contributed by atoms with Gasteiger partial charge >= 0.3 is 0 Å². The third-order valence-corrected chi connectivity index (χ3v) is 7.86. The molecule has 0 N–H and O–H groups in total. The van der Waals surface area contributed by atoms with Gasteiger partial charge in [0.15, 0.2) is 0 Å². The van der Waals surface area contributed by atoms with E-state index in [2.05, 4.69) is 115 Å². The van der Waals surface area contributed by atoms with Crippen molar-refractivity contribution in [2.24, 2.45) is 0 Å². The van der Waals surface area contributed by atoms with Crippen molar-refractivity contribution < 1.29 is 4.74 Å². The predicted octanol–water partition coefficient (Wildman–Crippen LogP) is 10.8. The highest BCUT2D eigenvalue weighted by Crippen LogP contribution is 2.47. The number of benzene rings is 7. The van der Waals surface area contributed by atoms with Crippen molar-refractivity contribution >= 4 is 43.9 Å². The first-order valence-electron chi connectivity index (χ1n) is 13.1. The molecule has 0 saturated heterocycles. The number of ether oxygens (including phenoxy) is 1. The van der Waals surface area contributed by atoms with Gasteiger partial charge in [0.1, 0.15) is 5.75 Å². The third kappa shape index (κ3) is 3.86. The SMILES string of the molecule is COc1ccc(Cl)cc1-c1cccc2c1ccc1c(-c3ccccc3)c3ccccc3c(-c3ccccc3)c12. The summed E-state index contributed by atoms with van der Waals surface area (Å²) in [6.45, 7) is 0. The van der Waals surface area contributed by atoms with Gasteiger partial charge in [-0.05, 0) is 78.3 Å². The van der Waals surface area contributed by atoms with E-state index >= 15 is 0 Å². The number of fused-ring (bicyclic) bond motifs is 4. The molecule has 0 heterocycles. The maximum atomic E-state index is 6.47. The maximum absolute atomic E-state index is 6.47. The molecule has 0 amide bonds. The highest BCUT2D eigenvalue weighted by atomic mass is 35.5. The van der Waals surface area contributed by atoms with Crippen LogP contribution in [-0.2, 0) is 0 Å². The van der Waals surface area contributed by atoms with Crippen LogP contribution in [0.4, 0.5) is 0 Å². The minimum atomic E-state index is 0.686. The van der Waals surface area contributed by atoms with Crippen LogP contribution in [0.15, 0.2) is 133 Å². The average Bonchev–Trinajstić information content (AvgIpc) is 3.00. The highest BCUT2D eigenvalue weighted by Gasteiger charge is 2.20. The van der Waals surface area contributed by atoms with E-state index in [0.717, 1.165) is 22.3 Å². The van der Waals surface area contributed by atoms with Crippen molar-refractivity contribution in [3.05, 3.63) is 138 Å². The van der Waals surface area contributed by atoms with E-state index in [1.807, 2.05) is 18.2 Å². The molecule has 0 spiro atoms. The van der Waals surface area contributed by atoms with Gasteiger partial charge < -0.3 is 4.74 Å². The zero-order valence-corrected chi connectivity index (χ0v) is 22.2. The molecule has 0 aromatic heterocycles. The van der Waals surface area contributed by atoms with Crippen molar-refractivity contribution in [2.45, 2.75) is 0 Å². The molecule has 7 rings (SSSR count). The summed E-state index contributed by atoms with van der Waals surface area (Å²) in [5.41, 5.74) is 7.01. The predicted molar refractivity (Wildman–Crippen MR) is 167 cm³/mol. The van der Waals surface area contributed by atoms with Crippen LogP contribution in [0.1, 0.15) is 0 Å². The summed E-state index contributed by atoms with van der Waals surface area (Å²) in [4.78, 5) is 0. The number of hydrogen-bond acceptors (Lipinski definition) is 1. The first-order chi connectivity index (χ1) is 19.2. The minimum absolute atomic E-state index is 0.686. The van der Waals surface area contributed by atoms with Crippen LogP contribution in [0.5, 0.6) is 5.75 Å². The molecule has 1 nitrogen and oxygen atoms in total. The Kier molecular flexibility index (Phi) is 5.80. The Bertz CT molecular complexity index is 1990. The lowest BCUT2D eigenvalue weighted by molar-refractivity contribution is 0.416. The summed E-state index contributed by atoms with van der Waals surface area (Å²) in [6, 6.07) is 47.2. The molecule has 7 aromatic carbocycles. The van der Waals surface area contributed by atoms with Crippen molar-refractivity contribution in [1.82, 2.24) is 0 Å². The Morgan fingerprint density at radius 1 is 0.462 bits per heavy atom. The molecule has 0 atom stereocenters. The molecule has 39 heavy (non-hydrogen) atoms. The summed E-state index contributed by atoms with van der Waals surface area (Å²) in [5.74, 6) is 0.804. The summed E-state index contributed by atoms with van der Waals surface area (Å²) in [5, 5.41) is 8.03. The van der Waals surface area contributed by atoms with Gasteiger partial charge in [0.25, 0.3) is 0 Å². The second kappa shape index (κ2) is 9.62. The van der Waals surface area contributed by atoms with Crippen LogP contribution >= 0.6 is 11.6 Å². The van der Waals surface area contributed by atoms with E-state index in [-0.39, 0.29) is 0 Å². The number of halogens is 1. The summed E-state index contributed by atoms with van der Waals surface area (Å²) < 4.78 is 5.76. The van der Waals surface area contributed by atoms with Gasteiger partial charge in [-0.15, -0.1) is 0 Å². The maximum Gasteiger partial charge on any atom is 0.126 e. The van der Waals surface area contributed by atoms with Gasteiger partial charge in [0, 0.05) is 10.6 Å². The topological polar surface area (TPSA) is 9.23 Å². The zero-order valence-electron chi connectivity index (χ0n) is 21.5. The van der Waals surface area contributed by atoms with Crippen LogP contribution in [-0.4, -0.2) is 7.11 Å². The van der Waals surface area contributed by atoms with Crippen LogP contribution in [0.2, 0.25) is 5.02 Å². The molecule has 0 aliphatic rings. The van der Waals surface area contributed by atoms with Crippen molar-refractivity contribution in [3.63, 3.8) is 0 Å². The Morgan fingerprint density at radius 2 is 1.05 bits per heavy atom. The highest BCUT2D eigenvalue weighted by molar-refractivity contribution is 6.31. The monoisotopic (exact) mass is 520 g/mol. The Morgan fingerprint density at radius 3 is 1.74 bits per heavy atom. The Balaban J connectivity index is 1.71. The molecule has 0 bridgehead atoms. The molecule has 0 fully saturated rings. The van der Waals surface area contributed by atoms with Crippen molar-refractivity contribution in [1.29, 1.82) is 0 Å². The van der Waals surface area contributed by atoms with Crippen LogP contribution in [0, 0.1) is 0 Å². The lowest BCUT2D eigenvalue weighted by Gasteiger charge is -2.20. The van der Waals surface area contributed by atoms with Crippen LogP contribution < -0.4 is 4.74 Å². The first kappa shape index (κ1) is 23.5. The smallest absolute Gasteiger partial charge is 0.126 e. The Labute approximate surface area is 232 Å². The molecule has 0 radical (unpaired) electrons. The van der Waals surface area contributed by atoms with E-state index < -0.39 is 0 Å². The fourth-order valence-electron chi connectivity index (χ4n) is 5.98. The van der Waals surface area contributed by atoms with E-state index in [4.69, 9.17) is 16.3 Å². The Hall–Kier alpha value is -4.59. The lowest BCUT2D eigenvalue weighted by Crippen LogP contribution is -1.93. The normalized spacial score (nSPS) is 11.3. The van der Waals surface area contributed by atoms with E-state index in [9.17, 15) is 0 Å². The minimum Gasteiger partial charge on any atom is -0.496 e. The second-order valence-corrected chi connectivity index (χ2v) is 10.2. The summed E-state index contributed by atoms with van der Waals surface area (Å²) in [6.07, 6.45) is 0. The molecule has 0 saturated carbocycles. The first-order valence-corrected chi connectivity index (χ1v) is 13.5. The molecule has 186 valence electrons. The van der Waals surface area contributed by atoms with Crippen molar-refractivity contribution in [2.75, 3.05) is 7.11 Å². The number of hydrogen-bond donors (Lipinski definition) is 0. The largest absolute Gasteiger partial charge is 0.496 e. The molecule has 7 aromatic rings. The van der Waals surface area contributed by atoms with Gasteiger partial charge in [-0.1, -0.05) is 127 Å². The van der Waals surface area contributed by atoms with Crippen LogP contribution in [0.3, 0.4) is 0 Å². The van der Waals surface area contributed by atoms with Gasteiger partial charge in [-0.25, -0.2) is 0 Å². The summed E-state index contributed by atoms with van der Waals surface area (Å²) in [7, 11) is 1.71. The lowest BCUT2D eigenvalue weighted by atomic mass is 9.83. The fourth-order valence-corrected chi connectivity index (χ4v) is 6.15. The number of rotatable bonds is 4. The molecular weight excluding hydrogens is 496 g/mol. The standard InChI is InChI=1S/C37H25ClO/c1-39-34-22-19-26(38)23-33(34)27-17-10-18-29-28(27)20-21-32-35(24-11-4-2-5-12-24)30-15-8-9-16-31(30)36(37(29)32)25-13-6-3-7-14-25/h2-23H,1H3. The van der Waals surface area contributed by atoms with E-state index in [1.54, 1.807) is 7.11 Å². The van der Waals surface area contributed by atoms with Gasteiger partial charge in [-0.3, -0.25) is 0 Å².